The van der Waals surface area contributed by atoms with Crippen molar-refractivity contribution in [2.45, 2.75) is 13.5 Å². The van der Waals surface area contributed by atoms with Crippen LogP contribution in [0.2, 0.25) is 0 Å². The van der Waals surface area contributed by atoms with E-state index in [2.05, 4.69) is 12.1 Å². The summed E-state index contributed by atoms with van der Waals surface area (Å²) in [5, 5.41) is 12.7. The molecule has 0 N–H and O–H groups in total. The van der Waals surface area contributed by atoms with Crippen molar-refractivity contribution in [1.29, 1.82) is 0 Å². The first-order chi connectivity index (χ1) is 12.7. The van der Waals surface area contributed by atoms with Gasteiger partial charge in [-0.25, -0.2) is 0 Å². The van der Waals surface area contributed by atoms with Gasteiger partial charge in [0, 0.05) is 11.1 Å². The molecule has 128 valence electrons. The summed E-state index contributed by atoms with van der Waals surface area (Å²) in [6, 6.07) is 27.8. The SMILES string of the molecule is Cc1ccc(-c2c([O-])oc(-c3ccccc3)[n+]2Cc2ccccc2)cc1. The molecule has 0 spiro atoms. The van der Waals surface area contributed by atoms with E-state index in [1.165, 1.54) is 0 Å². The van der Waals surface area contributed by atoms with Gasteiger partial charge in [0.05, 0.1) is 5.56 Å². The predicted molar refractivity (Wildman–Crippen MR) is 99.5 cm³/mol. The summed E-state index contributed by atoms with van der Waals surface area (Å²) in [4.78, 5) is 0. The van der Waals surface area contributed by atoms with Gasteiger partial charge in [-0.05, 0) is 31.2 Å². The maximum atomic E-state index is 12.7. The van der Waals surface area contributed by atoms with Gasteiger partial charge in [-0.15, -0.1) is 0 Å². The van der Waals surface area contributed by atoms with Crippen LogP contribution in [-0.2, 0) is 6.54 Å². The highest BCUT2D eigenvalue weighted by Crippen LogP contribution is 2.30. The summed E-state index contributed by atoms with van der Waals surface area (Å²) in [6.07, 6.45) is 0. The van der Waals surface area contributed by atoms with Gasteiger partial charge in [-0.1, -0.05) is 66.2 Å². The molecule has 0 amide bonds. The monoisotopic (exact) mass is 341 g/mol. The van der Waals surface area contributed by atoms with Crippen LogP contribution in [0.25, 0.3) is 22.7 Å². The fourth-order valence-electron chi connectivity index (χ4n) is 3.10. The Hall–Kier alpha value is -3.33. The molecule has 0 aliphatic heterocycles. The summed E-state index contributed by atoms with van der Waals surface area (Å²) in [5.74, 6) is 0.263. The molecule has 0 saturated carbocycles. The van der Waals surface area contributed by atoms with Crippen LogP contribution in [0.1, 0.15) is 11.1 Å². The third-order valence-electron chi connectivity index (χ3n) is 4.43. The van der Waals surface area contributed by atoms with Gasteiger partial charge in [0.1, 0.15) is 5.95 Å². The molecule has 0 aliphatic rings. The molecule has 4 aromatic rings. The van der Waals surface area contributed by atoms with E-state index in [1.807, 2.05) is 84.3 Å². The molecular formula is C23H19NO2. The molecule has 0 unspecified atom stereocenters. The second-order valence-corrected chi connectivity index (χ2v) is 6.35. The highest BCUT2D eigenvalue weighted by Gasteiger charge is 2.24. The van der Waals surface area contributed by atoms with Gasteiger partial charge in [-0.2, -0.15) is 4.57 Å². The molecule has 4 rings (SSSR count). The Balaban J connectivity index is 1.90. The number of rotatable bonds is 4. The summed E-state index contributed by atoms with van der Waals surface area (Å²) in [7, 11) is 0. The van der Waals surface area contributed by atoms with E-state index in [9.17, 15) is 5.11 Å². The number of benzene rings is 3. The molecule has 0 fully saturated rings. The van der Waals surface area contributed by atoms with Crippen molar-refractivity contribution < 1.29 is 14.1 Å². The molecule has 1 heterocycles. The van der Waals surface area contributed by atoms with E-state index >= 15 is 0 Å². The van der Waals surface area contributed by atoms with Crippen LogP contribution < -0.4 is 9.67 Å². The largest absolute Gasteiger partial charge is 0.540 e. The lowest BCUT2D eigenvalue weighted by atomic mass is 10.1. The van der Waals surface area contributed by atoms with Crippen LogP contribution in [0.4, 0.5) is 0 Å². The minimum atomic E-state index is -0.316. The lowest BCUT2D eigenvalue weighted by Gasteiger charge is -2.05. The molecule has 3 nitrogen and oxygen atoms in total. The fraction of sp³-hybridized carbons (Fsp3) is 0.0870. The van der Waals surface area contributed by atoms with Crippen LogP contribution in [0.3, 0.4) is 0 Å². The second-order valence-electron chi connectivity index (χ2n) is 6.35. The Morgan fingerprint density at radius 2 is 1.38 bits per heavy atom. The first-order valence-corrected chi connectivity index (χ1v) is 8.62. The van der Waals surface area contributed by atoms with Crippen molar-refractivity contribution in [1.82, 2.24) is 0 Å². The lowest BCUT2D eigenvalue weighted by molar-refractivity contribution is -0.669. The number of nitrogens with zero attached hydrogens (tertiary/aromatic N) is 1. The van der Waals surface area contributed by atoms with E-state index in [0.717, 1.165) is 22.3 Å². The first-order valence-electron chi connectivity index (χ1n) is 8.62. The molecule has 3 heteroatoms. The molecule has 0 radical (unpaired) electrons. The number of hydrogen-bond acceptors (Lipinski definition) is 2. The number of aromatic nitrogens is 1. The van der Waals surface area contributed by atoms with E-state index in [4.69, 9.17) is 4.42 Å². The number of hydrogen-bond donors (Lipinski definition) is 0. The molecule has 0 aliphatic carbocycles. The van der Waals surface area contributed by atoms with E-state index < -0.39 is 0 Å². The molecule has 0 atom stereocenters. The Morgan fingerprint density at radius 3 is 2.04 bits per heavy atom. The summed E-state index contributed by atoms with van der Waals surface area (Å²) < 4.78 is 7.67. The van der Waals surface area contributed by atoms with E-state index in [1.54, 1.807) is 0 Å². The topological polar surface area (TPSA) is 40.1 Å². The van der Waals surface area contributed by atoms with Crippen molar-refractivity contribution in [3.63, 3.8) is 0 Å². The maximum absolute atomic E-state index is 12.7. The second kappa shape index (κ2) is 6.89. The zero-order valence-corrected chi connectivity index (χ0v) is 14.6. The van der Waals surface area contributed by atoms with E-state index in [-0.39, 0.29) is 5.95 Å². The average molecular weight is 341 g/mol. The Morgan fingerprint density at radius 1 is 0.769 bits per heavy atom. The van der Waals surface area contributed by atoms with Gasteiger partial charge < -0.3 is 9.52 Å². The van der Waals surface area contributed by atoms with Crippen LogP contribution in [0.15, 0.2) is 89.3 Å². The quantitative estimate of drug-likeness (QED) is 0.518. The maximum Gasteiger partial charge on any atom is 0.270 e. The van der Waals surface area contributed by atoms with Crippen LogP contribution in [0.5, 0.6) is 5.95 Å². The highest BCUT2D eigenvalue weighted by molar-refractivity contribution is 5.63. The van der Waals surface area contributed by atoms with Crippen molar-refractivity contribution in [2.75, 3.05) is 0 Å². The van der Waals surface area contributed by atoms with Crippen molar-refractivity contribution in [2.24, 2.45) is 0 Å². The van der Waals surface area contributed by atoms with Gasteiger partial charge in [0.2, 0.25) is 5.69 Å². The minimum absolute atomic E-state index is 0.316. The molecule has 0 saturated heterocycles. The number of oxazole rings is 1. The summed E-state index contributed by atoms with van der Waals surface area (Å²) in [6.45, 7) is 2.60. The predicted octanol–water partition coefficient (Wildman–Crippen LogP) is 4.33. The lowest BCUT2D eigenvalue weighted by Crippen LogP contribution is -2.37. The normalized spacial score (nSPS) is 10.8. The number of aryl methyl sites for hydroxylation is 1. The summed E-state index contributed by atoms with van der Waals surface area (Å²) in [5.41, 5.74) is 4.60. The smallest absolute Gasteiger partial charge is 0.270 e. The van der Waals surface area contributed by atoms with E-state index in [0.29, 0.717) is 18.1 Å². The fourth-order valence-corrected chi connectivity index (χ4v) is 3.10. The first kappa shape index (κ1) is 16.2. The van der Waals surface area contributed by atoms with Crippen molar-refractivity contribution in [3.05, 3.63) is 96.1 Å². The van der Waals surface area contributed by atoms with Crippen molar-refractivity contribution in [3.8, 4) is 28.7 Å². The Bertz CT molecular complexity index is 1000. The third-order valence-corrected chi connectivity index (χ3v) is 4.43. The standard InChI is InChI=1S/C23H19NO2/c1-17-12-14-19(15-13-17)21-23(25)26-22(20-10-6-3-7-11-20)24(21)16-18-8-4-2-5-9-18/h2-15H,16H2,1H3. The third kappa shape index (κ3) is 3.11. The average Bonchev–Trinajstić information content (AvgIpc) is 3.00. The molecule has 0 bridgehead atoms. The molecule has 3 aromatic carbocycles. The van der Waals surface area contributed by atoms with Crippen molar-refractivity contribution >= 4 is 0 Å². The van der Waals surface area contributed by atoms with Gasteiger partial charge in [0.15, 0.2) is 6.54 Å². The van der Waals surface area contributed by atoms with Crippen LogP contribution in [-0.4, -0.2) is 0 Å². The Labute approximate surface area is 152 Å². The minimum Gasteiger partial charge on any atom is -0.540 e. The highest BCUT2D eigenvalue weighted by atomic mass is 16.5. The zero-order chi connectivity index (χ0) is 17.9. The van der Waals surface area contributed by atoms with Crippen LogP contribution in [0, 0.1) is 6.92 Å². The Kier molecular flexibility index (Phi) is 4.28. The molecule has 1 aromatic heterocycles. The van der Waals surface area contributed by atoms with Gasteiger partial charge in [-0.3, -0.25) is 0 Å². The molecular weight excluding hydrogens is 322 g/mol. The molecule has 26 heavy (non-hydrogen) atoms. The van der Waals surface area contributed by atoms with Crippen LogP contribution >= 0.6 is 0 Å². The van der Waals surface area contributed by atoms with Gasteiger partial charge in [0.25, 0.3) is 5.89 Å². The zero-order valence-electron chi connectivity index (χ0n) is 14.6. The van der Waals surface area contributed by atoms with Gasteiger partial charge >= 0.3 is 0 Å². The summed E-state index contributed by atoms with van der Waals surface area (Å²) >= 11 is 0.